The Kier molecular flexibility index (Phi) is 9.26. The first kappa shape index (κ1) is 36.5. The van der Waals surface area contributed by atoms with Crippen molar-refractivity contribution in [2.45, 2.75) is 105 Å². The number of hydrogen-bond acceptors (Lipinski definition) is 1. The van der Waals surface area contributed by atoms with E-state index in [-0.39, 0.29) is 21.7 Å². The summed E-state index contributed by atoms with van der Waals surface area (Å²) in [6, 6.07) is 36.3. The third kappa shape index (κ3) is 6.71. The first-order valence-corrected chi connectivity index (χ1v) is 19.3. The topological polar surface area (TPSA) is 8.17 Å². The molecule has 0 aliphatic rings. The zero-order valence-corrected chi connectivity index (χ0v) is 35.1. The fourth-order valence-corrected chi connectivity index (χ4v) is 8.33. The molecule has 4 heteroatoms. The monoisotopic (exact) mass is 790 g/mol. The fourth-order valence-electron chi connectivity index (χ4n) is 6.88. The van der Waals surface area contributed by atoms with E-state index in [0.717, 1.165) is 31.4 Å². The standard InChI is InChI=1S/C46H52Br2N2/c1-43(2,3)30-18-22-33(23-19-30)49(34-24-20-31(21-25-34)44(4,5)6)50-41-35(26-32(27-38(41)47)45(7,8)9)36-28-37(46(10,11)12)39(40(48)42(36)50)29-16-14-13-15-17-29/h13-28H,1-12H3. The van der Waals surface area contributed by atoms with Gasteiger partial charge in [0.2, 0.25) is 0 Å². The smallest absolute Gasteiger partial charge is 0.0865 e. The summed E-state index contributed by atoms with van der Waals surface area (Å²) in [5, 5.41) is 4.86. The SMILES string of the molecule is CC(C)(C)c1ccc(N(c2ccc(C(C)(C)C)cc2)n2c3c(Br)cc(C(C)(C)C)cc3c3cc(C(C)(C)C)c(-c4ccccc4)c(Br)c32)cc1. The molecule has 0 atom stereocenters. The molecular weight excluding hydrogens is 740 g/mol. The van der Waals surface area contributed by atoms with Gasteiger partial charge in [-0.1, -0.05) is 138 Å². The van der Waals surface area contributed by atoms with Crippen LogP contribution in [-0.2, 0) is 21.7 Å². The van der Waals surface area contributed by atoms with Crippen LogP contribution in [0.4, 0.5) is 11.4 Å². The number of nitrogens with zero attached hydrogens (tertiary/aromatic N) is 2. The summed E-state index contributed by atoms with van der Waals surface area (Å²) in [6.45, 7) is 27.5. The van der Waals surface area contributed by atoms with Crippen molar-refractivity contribution in [2.24, 2.45) is 0 Å². The molecule has 50 heavy (non-hydrogen) atoms. The normalized spacial score (nSPS) is 13.0. The Hall–Kier alpha value is -3.34. The molecule has 2 nitrogen and oxygen atoms in total. The molecule has 0 aliphatic carbocycles. The van der Waals surface area contributed by atoms with Gasteiger partial charge in [-0.05, 0) is 124 Å². The Morgan fingerprint density at radius 3 is 1.38 bits per heavy atom. The van der Waals surface area contributed by atoms with Gasteiger partial charge in [0.15, 0.2) is 0 Å². The van der Waals surface area contributed by atoms with E-state index in [1.54, 1.807) is 0 Å². The highest BCUT2D eigenvalue weighted by molar-refractivity contribution is 9.11. The molecule has 6 rings (SSSR count). The van der Waals surface area contributed by atoms with Crippen LogP contribution in [0.25, 0.3) is 32.9 Å². The largest absolute Gasteiger partial charge is 0.249 e. The predicted octanol–water partition coefficient (Wildman–Crippen LogP) is 14.8. The van der Waals surface area contributed by atoms with Gasteiger partial charge in [-0.3, -0.25) is 0 Å². The van der Waals surface area contributed by atoms with Crippen LogP contribution in [0, 0.1) is 0 Å². The van der Waals surface area contributed by atoms with E-state index < -0.39 is 0 Å². The second kappa shape index (κ2) is 12.7. The molecule has 0 N–H and O–H groups in total. The summed E-state index contributed by atoms with van der Waals surface area (Å²) in [5.74, 6) is 0. The van der Waals surface area contributed by atoms with Gasteiger partial charge >= 0.3 is 0 Å². The van der Waals surface area contributed by atoms with Crippen LogP contribution in [0.1, 0.15) is 105 Å². The number of hydrogen-bond donors (Lipinski definition) is 0. The Morgan fingerprint density at radius 2 is 0.940 bits per heavy atom. The van der Waals surface area contributed by atoms with E-state index in [9.17, 15) is 0 Å². The van der Waals surface area contributed by atoms with Gasteiger partial charge in [-0.25, -0.2) is 9.69 Å². The molecular formula is C46H52Br2N2. The number of rotatable bonds is 4. The summed E-state index contributed by atoms with van der Waals surface area (Å²) >= 11 is 8.44. The highest BCUT2D eigenvalue weighted by Crippen LogP contribution is 2.49. The van der Waals surface area contributed by atoms with Gasteiger partial charge in [0.05, 0.1) is 26.9 Å². The highest BCUT2D eigenvalue weighted by atomic mass is 79.9. The van der Waals surface area contributed by atoms with Gasteiger partial charge in [0.1, 0.15) is 0 Å². The van der Waals surface area contributed by atoms with Gasteiger partial charge in [0.25, 0.3) is 0 Å². The van der Waals surface area contributed by atoms with Crippen LogP contribution in [0.3, 0.4) is 0 Å². The molecule has 0 aliphatic heterocycles. The van der Waals surface area contributed by atoms with E-state index in [2.05, 4.69) is 222 Å². The predicted molar refractivity (Wildman–Crippen MR) is 226 cm³/mol. The Bertz CT molecular complexity index is 2120. The fraction of sp³-hybridized carbons (Fsp3) is 0.348. The lowest BCUT2D eigenvalue weighted by molar-refractivity contribution is 0.589. The third-order valence-electron chi connectivity index (χ3n) is 9.91. The van der Waals surface area contributed by atoms with Crippen LogP contribution >= 0.6 is 31.9 Å². The van der Waals surface area contributed by atoms with Crippen LogP contribution < -0.4 is 5.01 Å². The summed E-state index contributed by atoms with van der Waals surface area (Å²) in [4.78, 5) is 0. The molecule has 0 saturated carbocycles. The van der Waals surface area contributed by atoms with Crippen molar-refractivity contribution < 1.29 is 0 Å². The first-order chi connectivity index (χ1) is 23.2. The lowest BCUT2D eigenvalue weighted by Gasteiger charge is -2.31. The first-order valence-electron chi connectivity index (χ1n) is 17.8. The van der Waals surface area contributed by atoms with Crippen molar-refractivity contribution in [1.29, 1.82) is 0 Å². The summed E-state index contributed by atoms with van der Waals surface area (Å²) in [6.07, 6.45) is 0. The lowest BCUT2D eigenvalue weighted by atomic mass is 9.80. The van der Waals surface area contributed by atoms with Crippen molar-refractivity contribution in [3.8, 4) is 11.1 Å². The van der Waals surface area contributed by atoms with E-state index >= 15 is 0 Å². The van der Waals surface area contributed by atoms with Crippen molar-refractivity contribution in [3.05, 3.63) is 128 Å². The summed E-state index contributed by atoms with van der Waals surface area (Å²) in [5.41, 5.74) is 12.1. The average molecular weight is 793 g/mol. The van der Waals surface area contributed by atoms with Crippen molar-refractivity contribution in [3.63, 3.8) is 0 Å². The van der Waals surface area contributed by atoms with Crippen LogP contribution in [0.5, 0.6) is 0 Å². The Labute approximate surface area is 317 Å². The minimum Gasteiger partial charge on any atom is -0.249 e. The van der Waals surface area contributed by atoms with Gasteiger partial charge in [0, 0.05) is 20.8 Å². The Balaban J connectivity index is 1.82. The quantitative estimate of drug-likeness (QED) is 0.173. The van der Waals surface area contributed by atoms with Gasteiger partial charge in [-0.2, -0.15) is 0 Å². The van der Waals surface area contributed by atoms with E-state index in [1.165, 1.54) is 44.2 Å². The van der Waals surface area contributed by atoms with Gasteiger partial charge < -0.3 is 0 Å². The molecule has 5 aromatic carbocycles. The number of fused-ring (bicyclic) bond motifs is 3. The molecule has 0 spiro atoms. The number of anilines is 2. The zero-order chi connectivity index (χ0) is 36.6. The number of benzene rings is 5. The Morgan fingerprint density at radius 1 is 0.480 bits per heavy atom. The minimum atomic E-state index is -0.0968. The van der Waals surface area contributed by atoms with Crippen LogP contribution in [0.15, 0.2) is 106 Å². The molecule has 0 unspecified atom stereocenters. The van der Waals surface area contributed by atoms with Crippen LogP contribution in [0.2, 0.25) is 0 Å². The molecule has 1 aromatic heterocycles. The maximum absolute atomic E-state index is 4.30. The molecule has 0 radical (unpaired) electrons. The number of aromatic nitrogens is 1. The third-order valence-corrected chi connectivity index (χ3v) is 11.3. The van der Waals surface area contributed by atoms with Crippen molar-refractivity contribution in [2.75, 3.05) is 5.01 Å². The van der Waals surface area contributed by atoms with Crippen molar-refractivity contribution in [1.82, 2.24) is 4.68 Å². The number of halogens is 2. The molecule has 0 bridgehead atoms. The van der Waals surface area contributed by atoms with E-state index in [1.807, 2.05) is 0 Å². The van der Waals surface area contributed by atoms with Crippen molar-refractivity contribution >= 4 is 65.0 Å². The van der Waals surface area contributed by atoms with Gasteiger partial charge in [-0.15, -0.1) is 0 Å². The van der Waals surface area contributed by atoms with E-state index in [4.69, 9.17) is 0 Å². The molecule has 0 fully saturated rings. The van der Waals surface area contributed by atoms with E-state index in [0.29, 0.717) is 0 Å². The second-order valence-corrected chi connectivity index (χ2v) is 19.6. The average Bonchev–Trinajstić information content (AvgIpc) is 3.35. The zero-order valence-electron chi connectivity index (χ0n) is 31.9. The summed E-state index contributed by atoms with van der Waals surface area (Å²) in [7, 11) is 0. The molecule has 0 amide bonds. The lowest BCUT2D eigenvalue weighted by Crippen LogP contribution is -2.25. The van der Waals surface area contributed by atoms with Crippen LogP contribution in [-0.4, -0.2) is 4.68 Å². The molecule has 1 heterocycles. The molecule has 6 aromatic rings. The maximum Gasteiger partial charge on any atom is 0.0865 e. The maximum atomic E-state index is 4.30. The molecule has 0 saturated heterocycles. The summed E-state index contributed by atoms with van der Waals surface area (Å²) < 4.78 is 4.61. The minimum absolute atomic E-state index is 0.0234. The highest BCUT2D eigenvalue weighted by Gasteiger charge is 2.30. The molecule has 260 valence electrons. The second-order valence-electron chi connectivity index (χ2n) is 17.9.